The molecule has 0 saturated carbocycles. The van der Waals surface area contributed by atoms with E-state index < -0.39 is 16.0 Å². The molecule has 0 aromatic rings. The predicted octanol–water partition coefficient (Wildman–Crippen LogP) is 0.898. The van der Waals surface area contributed by atoms with Gasteiger partial charge in [-0.05, 0) is 20.8 Å². The molecule has 0 amide bonds. The van der Waals surface area contributed by atoms with Gasteiger partial charge < -0.3 is 4.55 Å². The first-order chi connectivity index (χ1) is 3.71. The molecule has 5 heteroatoms. The van der Waals surface area contributed by atoms with Crippen molar-refractivity contribution in [3.05, 3.63) is 0 Å². The van der Waals surface area contributed by atoms with E-state index in [1.807, 2.05) is 0 Å². The molecule has 0 spiro atoms. The van der Waals surface area contributed by atoms with E-state index in [1.54, 1.807) is 0 Å². The zero-order chi connectivity index (χ0) is 7.71. The van der Waals surface area contributed by atoms with E-state index >= 15 is 0 Å². The first-order valence-electron chi connectivity index (χ1n) is 2.37. The second-order valence-corrected chi connectivity index (χ2v) is 3.59. The third-order valence-corrected chi connectivity index (χ3v) is 1.06. The number of hydrogen-bond acceptors (Lipinski definition) is 4. The van der Waals surface area contributed by atoms with Crippen LogP contribution in [0.1, 0.15) is 28.2 Å². The Morgan fingerprint density at radius 3 is 1.60 bits per heavy atom. The molecule has 0 rings (SSSR count). The highest BCUT2D eigenvalue weighted by molar-refractivity contribution is 7.80. The van der Waals surface area contributed by atoms with Crippen LogP contribution in [-0.2, 0) is 14.6 Å². The molecule has 0 aliphatic rings. The van der Waals surface area contributed by atoms with Crippen molar-refractivity contribution in [2.45, 2.75) is 33.8 Å². The molecule has 0 bridgehead atoms. The highest BCUT2D eigenvalue weighted by Gasteiger charge is 2.13. The summed E-state index contributed by atoms with van der Waals surface area (Å²) in [7, 11) is -4.53. The van der Waals surface area contributed by atoms with Crippen LogP contribution in [0.2, 0.25) is 0 Å². The van der Waals surface area contributed by atoms with Crippen molar-refractivity contribution in [3.8, 4) is 0 Å². The van der Waals surface area contributed by atoms with Crippen molar-refractivity contribution in [3.63, 3.8) is 0 Å². The van der Waals surface area contributed by atoms with Gasteiger partial charge in [-0.1, -0.05) is 7.43 Å². The molecule has 0 N–H and O–H groups in total. The Hall–Kier alpha value is -0.130. The normalized spacial score (nSPS) is 12.4. The van der Waals surface area contributed by atoms with E-state index in [-0.39, 0.29) is 7.43 Å². The SMILES string of the molecule is C.CC(C)(C)OS(=O)(=O)[O-]. The van der Waals surface area contributed by atoms with E-state index in [1.165, 1.54) is 20.8 Å². The molecule has 0 aliphatic heterocycles. The van der Waals surface area contributed by atoms with Gasteiger partial charge in [0.15, 0.2) is 0 Å². The first-order valence-corrected chi connectivity index (χ1v) is 3.70. The molecule has 0 radical (unpaired) electrons. The quantitative estimate of drug-likeness (QED) is 0.432. The lowest BCUT2D eigenvalue weighted by molar-refractivity contribution is 0.116. The summed E-state index contributed by atoms with van der Waals surface area (Å²) >= 11 is 0. The topological polar surface area (TPSA) is 66.4 Å². The summed E-state index contributed by atoms with van der Waals surface area (Å²) in [5.41, 5.74) is -0.916. The van der Waals surface area contributed by atoms with E-state index in [2.05, 4.69) is 4.18 Å². The summed E-state index contributed by atoms with van der Waals surface area (Å²) < 4.78 is 33.6. The van der Waals surface area contributed by atoms with Crippen LogP contribution in [0.4, 0.5) is 0 Å². The van der Waals surface area contributed by atoms with E-state index in [0.29, 0.717) is 0 Å². The number of hydrogen-bond donors (Lipinski definition) is 0. The minimum atomic E-state index is -4.53. The van der Waals surface area contributed by atoms with Gasteiger partial charge in [-0.15, -0.1) is 0 Å². The summed E-state index contributed by atoms with van der Waals surface area (Å²) in [4.78, 5) is 0. The molecule has 0 unspecified atom stereocenters. The summed E-state index contributed by atoms with van der Waals surface area (Å²) in [6.07, 6.45) is 0. The fraction of sp³-hybridized carbons (Fsp3) is 1.00. The van der Waals surface area contributed by atoms with Gasteiger partial charge in [0.25, 0.3) is 0 Å². The Labute approximate surface area is 62.2 Å². The zero-order valence-corrected chi connectivity index (χ0v) is 6.36. The molecule has 0 fully saturated rings. The van der Waals surface area contributed by atoms with Crippen LogP contribution >= 0.6 is 0 Å². The van der Waals surface area contributed by atoms with Crippen LogP contribution in [0.5, 0.6) is 0 Å². The summed E-state index contributed by atoms with van der Waals surface area (Å²) in [6.45, 7) is 4.47. The maximum absolute atomic E-state index is 9.87. The van der Waals surface area contributed by atoms with Crippen LogP contribution in [0.3, 0.4) is 0 Å². The second-order valence-electron chi connectivity index (χ2n) is 2.60. The minimum absolute atomic E-state index is 0. The molecular weight excluding hydrogens is 156 g/mol. The Kier molecular flexibility index (Phi) is 4.16. The molecular formula is C5H13O4S-. The summed E-state index contributed by atoms with van der Waals surface area (Å²) in [5.74, 6) is 0. The Balaban J connectivity index is 0. The fourth-order valence-corrected chi connectivity index (χ4v) is 0.919. The summed E-state index contributed by atoms with van der Waals surface area (Å²) in [5, 5.41) is 0. The minimum Gasteiger partial charge on any atom is -0.726 e. The lowest BCUT2D eigenvalue weighted by atomic mass is 10.2. The molecule has 0 heterocycles. The third-order valence-electron chi connectivity index (χ3n) is 0.352. The standard InChI is InChI=1S/C4H10O4S.CH4/c1-4(2,3)8-9(5,6)7;/h1-3H3,(H,5,6,7);1H4/p-1. The van der Waals surface area contributed by atoms with Crippen molar-refractivity contribution in [2.75, 3.05) is 0 Å². The van der Waals surface area contributed by atoms with Gasteiger partial charge in [-0.25, -0.2) is 8.42 Å². The van der Waals surface area contributed by atoms with Crippen LogP contribution in [0.15, 0.2) is 0 Å². The maximum Gasteiger partial charge on any atom is 0.218 e. The Morgan fingerprint density at radius 1 is 1.30 bits per heavy atom. The molecule has 0 atom stereocenters. The highest BCUT2D eigenvalue weighted by atomic mass is 32.3. The van der Waals surface area contributed by atoms with Crippen molar-refractivity contribution < 1.29 is 17.2 Å². The van der Waals surface area contributed by atoms with Gasteiger partial charge in [0.1, 0.15) is 0 Å². The molecule has 0 aliphatic carbocycles. The number of rotatable bonds is 1. The fourth-order valence-electron chi connectivity index (χ4n) is 0.306. The van der Waals surface area contributed by atoms with Gasteiger partial charge in [-0.3, -0.25) is 4.18 Å². The van der Waals surface area contributed by atoms with E-state index in [9.17, 15) is 13.0 Å². The molecule has 64 valence electrons. The summed E-state index contributed by atoms with van der Waals surface area (Å²) in [6, 6.07) is 0. The van der Waals surface area contributed by atoms with Crippen molar-refractivity contribution in [1.82, 2.24) is 0 Å². The van der Waals surface area contributed by atoms with E-state index in [0.717, 1.165) is 0 Å². The van der Waals surface area contributed by atoms with Crippen molar-refractivity contribution in [1.29, 1.82) is 0 Å². The van der Waals surface area contributed by atoms with Crippen LogP contribution in [0, 0.1) is 0 Å². The largest absolute Gasteiger partial charge is 0.726 e. The smallest absolute Gasteiger partial charge is 0.218 e. The molecule has 0 aromatic heterocycles. The Morgan fingerprint density at radius 2 is 1.60 bits per heavy atom. The van der Waals surface area contributed by atoms with Gasteiger partial charge in [-0.2, -0.15) is 0 Å². The third kappa shape index (κ3) is 10.8. The molecule has 10 heavy (non-hydrogen) atoms. The van der Waals surface area contributed by atoms with Gasteiger partial charge >= 0.3 is 0 Å². The highest BCUT2D eigenvalue weighted by Crippen LogP contribution is 2.09. The maximum atomic E-state index is 9.87. The average Bonchev–Trinajstić information content (AvgIpc) is 1.14. The van der Waals surface area contributed by atoms with Crippen LogP contribution in [-0.4, -0.2) is 18.6 Å². The monoisotopic (exact) mass is 169 g/mol. The lowest BCUT2D eigenvalue weighted by Gasteiger charge is -2.20. The Bertz CT molecular complexity index is 174. The average molecular weight is 169 g/mol. The molecule has 0 saturated heterocycles. The van der Waals surface area contributed by atoms with Gasteiger partial charge in [0.2, 0.25) is 10.4 Å². The van der Waals surface area contributed by atoms with Gasteiger partial charge in [0.05, 0.1) is 5.60 Å². The zero-order valence-electron chi connectivity index (χ0n) is 5.54. The first kappa shape index (κ1) is 12.5. The van der Waals surface area contributed by atoms with E-state index in [4.69, 9.17) is 0 Å². The predicted molar refractivity (Wildman–Crippen MR) is 37.3 cm³/mol. The second kappa shape index (κ2) is 3.32. The van der Waals surface area contributed by atoms with Gasteiger partial charge in [0, 0.05) is 0 Å². The van der Waals surface area contributed by atoms with Crippen molar-refractivity contribution in [2.24, 2.45) is 0 Å². The van der Waals surface area contributed by atoms with Crippen molar-refractivity contribution >= 4 is 10.4 Å². The van der Waals surface area contributed by atoms with Crippen LogP contribution < -0.4 is 0 Å². The molecule has 0 aromatic carbocycles. The van der Waals surface area contributed by atoms with Crippen LogP contribution in [0.25, 0.3) is 0 Å². The molecule has 4 nitrogen and oxygen atoms in total. The lowest BCUT2D eigenvalue weighted by Crippen LogP contribution is -2.23.